The summed E-state index contributed by atoms with van der Waals surface area (Å²) in [7, 11) is 3.59. The van der Waals surface area contributed by atoms with Gasteiger partial charge in [0.25, 0.3) is 0 Å². The number of benzene rings is 2. The molecular weight excluding hydrogens is 464 g/mol. The lowest BCUT2D eigenvalue weighted by molar-refractivity contribution is -0.129. The summed E-state index contributed by atoms with van der Waals surface area (Å²) in [5.74, 6) is 0.816. The van der Waals surface area contributed by atoms with Crippen LogP contribution in [0, 0.1) is 0 Å². The van der Waals surface area contributed by atoms with Crippen LogP contribution in [0.2, 0.25) is 0 Å². The molecule has 2 aromatic carbocycles. The molecule has 2 N–H and O–H groups in total. The van der Waals surface area contributed by atoms with Crippen molar-refractivity contribution in [2.24, 2.45) is 0 Å². The molecule has 0 aliphatic carbocycles. The lowest BCUT2D eigenvalue weighted by Gasteiger charge is -2.18. The molecule has 1 unspecified atom stereocenters. The Labute approximate surface area is 215 Å². The Hall–Kier alpha value is -4.24. The van der Waals surface area contributed by atoms with Crippen molar-refractivity contribution in [1.29, 1.82) is 0 Å². The molecule has 9 nitrogen and oxygen atoms in total. The number of likely N-dealkylation sites (N-methyl/N-ethyl adjacent to an activating group) is 1. The molecular formula is C28H30N8O. The average molecular weight is 495 g/mol. The van der Waals surface area contributed by atoms with Crippen LogP contribution in [-0.4, -0.2) is 73.8 Å². The molecule has 1 amide bonds. The van der Waals surface area contributed by atoms with Crippen LogP contribution in [0.1, 0.15) is 23.6 Å². The first-order valence-corrected chi connectivity index (χ1v) is 12.5. The number of hydrogen-bond donors (Lipinski definition) is 1. The molecule has 37 heavy (non-hydrogen) atoms. The number of rotatable bonds is 6. The maximum Gasteiger partial charge on any atom is 0.236 e. The number of nitrogen functional groups attached to an aromatic ring is 1. The second-order valence-corrected chi connectivity index (χ2v) is 9.98. The maximum absolute atomic E-state index is 12.2. The zero-order chi connectivity index (χ0) is 25.5. The second-order valence-electron chi connectivity index (χ2n) is 9.98. The van der Waals surface area contributed by atoms with Crippen LogP contribution < -0.4 is 5.73 Å². The molecule has 188 valence electrons. The van der Waals surface area contributed by atoms with Crippen molar-refractivity contribution in [3.63, 3.8) is 0 Å². The predicted octanol–water partition coefficient (Wildman–Crippen LogP) is 3.25. The Bertz CT molecular complexity index is 1590. The van der Waals surface area contributed by atoms with Crippen molar-refractivity contribution in [3.8, 4) is 11.1 Å². The van der Waals surface area contributed by atoms with E-state index in [1.807, 2.05) is 27.4 Å². The lowest BCUT2D eigenvalue weighted by Crippen LogP contribution is -2.35. The Kier molecular flexibility index (Phi) is 5.84. The van der Waals surface area contributed by atoms with Crippen LogP contribution in [0.3, 0.4) is 0 Å². The third kappa shape index (κ3) is 4.42. The highest BCUT2D eigenvalue weighted by atomic mass is 16.2. The summed E-state index contributed by atoms with van der Waals surface area (Å²) in [5, 5.41) is 10.5. The molecule has 1 aliphatic heterocycles. The second kappa shape index (κ2) is 9.33. The first-order chi connectivity index (χ1) is 18.0. The summed E-state index contributed by atoms with van der Waals surface area (Å²) in [6, 6.07) is 18.8. The molecule has 1 fully saturated rings. The Morgan fingerprint density at radius 3 is 2.78 bits per heavy atom. The van der Waals surface area contributed by atoms with Gasteiger partial charge in [-0.15, -0.1) is 0 Å². The van der Waals surface area contributed by atoms with Crippen molar-refractivity contribution in [2.75, 3.05) is 39.5 Å². The van der Waals surface area contributed by atoms with Crippen LogP contribution in [0.5, 0.6) is 0 Å². The minimum Gasteiger partial charge on any atom is -0.382 e. The van der Waals surface area contributed by atoms with Gasteiger partial charge in [-0.1, -0.05) is 42.5 Å². The quantitative estimate of drug-likeness (QED) is 0.389. The molecule has 1 saturated heterocycles. The van der Waals surface area contributed by atoms with Crippen molar-refractivity contribution < 1.29 is 4.79 Å². The Morgan fingerprint density at radius 1 is 1.14 bits per heavy atom. The fourth-order valence-electron chi connectivity index (χ4n) is 5.24. The zero-order valence-electron chi connectivity index (χ0n) is 21.1. The van der Waals surface area contributed by atoms with E-state index in [9.17, 15) is 4.79 Å². The van der Waals surface area contributed by atoms with Crippen LogP contribution in [0.4, 0.5) is 5.82 Å². The van der Waals surface area contributed by atoms with E-state index in [4.69, 9.17) is 10.8 Å². The van der Waals surface area contributed by atoms with Gasteiger partial charge in [0, 0.05) is 49.4 Å². The van der Waals surface area contributed by atoms with Crippen LogP contribution in [0.15, 0.2) is 67.1 Å². The normalized spacial score (nSPS) is 16.1. The Balaban J connectivity index is 1.34. The highest BCUT2D eigenvalue weighted by Crippen LogP contribution is 2.37. The number of likely N-dealkylation sites (tertiary alicyclic amines) is 1. The predicted molar refractivity (Wildman–Crippen MR) is 144 cm³/mol. The molecule has 5 aromatic rings. The van der Waals surface area contributed by atoms with Gasteiger partial charge >= 0.3 is 0 Å². The Morgan fingerprint density at radius 2 is 1.97 bits per heavy atom. The van der Waals surface area contributed by atoms with Gasteiger partial charge in [0.1, 0.15) is 11.8 Å². The van der Waals surface area contributed by atoms with Gasteiger partial charge in [-0.05, 0) is 36.2 Å². The lowest BCUT2D eigenvalue weighted by atomic mass is 10.0. The van der Waals surface area contributed by atoms with Crippen LogP contribution in [0.25, 0.3) is 27.5 Å². The number of nitrogens with zero attached hydrogens (tertiary/aromatic N) is 7. The number of amides is 1. The highest BCUT2D eigenvalue weighted by molar-refractivity contribution is 5.92. The van der Waals surface area contributed by atoms with Crippen molar-refractivity contribution in [1.82, 2.24) is 34.2 Å². The first-order valence-electron chi connectivity index (χ1n) is 12.5. The van der Waals surface area contributed by atoms with Gasteiger partial charge in [0.05, 0.1) is 18.6 Å². The number of aromatic nitrogens is 5. The fraction of sp³-hybridized carbons (Fsp3) is 0.286. The third-order valence-electron chi connectivity index (χ3n) is 7.21. The molecule has 6 rings (SSSR count). The standard InChI is InChI=1S/C28H30N8O/c1-33(2)26(37)17-34-11-10-22(15-34)25-13-23(27-28(29)30-18-31-36(25)27)20-8-9-21-16-35(32-24(21)12-20)14-19-6-4-3-5-7-19/h3-9,12-13,16,18,22H,10-11,14-15,17H2,1-2H3,(H2,29,30,31). The topological polar surface area (TPSA) is 97.6 Å². The number of hydrogen-bond acceptors (Lipinski definition) is 6. The smallest absolute Gasteiger partial charge is 0.236 e. The van der Waals surface area contributed by atoms with Gasteiger partial charge in [-0.2, -0.15) is 10.2 Å². The molecule has 0 spiro atoms. The number of carbonyl (C=O) groups excluding carboxylic acids is 1. The van der Waals surface area contributed by atoms with E-state index in [0.29, 0.717) is 12.4 Å². The summed E-state index contributed by atoms with van der Waals surface area (Å²) < 4.78 is 3.91. The average Bonchev–Trinajstić information content (AvgIpc) is 3.61. The molecule has 0 radical (unpaired) electrons. The first kappa shape index (κ1) is 23.2. The van der Waals surface area contributed by atoms with Crippen molar-refractivity contribution in [3.05, 3.63) is 78.4 Å². The molecule has 1 aliphatic rings. The van der Waals surface area contributed by atoms with Crippen LogP contribution >= 0.6 is 0 Å². The van der Waals surface area contributed by atoms with Crippen molar-refractivity contribution >= 4 is 28.1 Å². The summed E-state index contributed by atoms with van der Waals surface area (Å²) >= 11 is 0. The largest absolute Gasteiger partial charge is 0.382 e. The summed E-state index contributed by atoms with van der Waals surface area (Å²) in [6.45, 7) is 2.83. The van der Waals surface area contributed by atoms with Gasteiger partial charge in [-0.3, -0.25) is 14.4 Å². The third-order valence-corrected chi connectivity index (χ3v) is 7.21. The van der Waals surface area contributed by atoms with E-state index >= 15 is 0 Å². The maximum atomic E-state index is 12.2. The molecule has 0 bridgehead atoms. The summed E-state index contributed by atoms with van der Waals surface area (Å²) in [5.41, 5.74) is 12.4. The summed E-state index contributed by atoms with van der Waals surface area (Å²) in [4.78, 5) is 20.4. The van der Waals surface area contributed by atoms with E-state index < -0.39 is 0 Å². The van der Waals surface area contributed by atoms with E-state index in [1.165, 1.54) is 11.9 Å². The number of fused-ring (bicyclic) bond motifs is 2. The van der Waals surface area contributed by atoms with Gasteiger partial charge in [0.15, 0.2) is 5.82 Å². The van der Waals surface area contributed by atoms with E-state index in [0.717, 1.165) is 59.3 Å². The molecule has 9 heteroatoms. The number of anilines is 1. The number of carbonyl (C=O) groups is 1. The van der Waals surface area contributed by atoms with E-state index in [1.54, 1.807) is 19.0 Å². The minimum atomic E-state index is 0.118. The molecule has 4 heterocycles. The van der Waals surface area contributed by atoms with Crippen molar-refractivity contribution in [2.45, 2.75) is 18.9 Å². The molecule has 3 aromatic heterocycles. The highest BCUT2D eigenvalue weighted by Gasteiger charge is 2.29. The minimum absolute atomic E-state index is 0.118. The zero-order valence-corrected chi connectivity index (χ0v) is 21.1. The van der Waals surface area contributed by atoms with Gasteiger partial charge in [-0.25, -0.2) is 9.50 Å². The van der Waals surface area contributed by atoms with E-state index in [-0.39, 0.29) is 11.8 Å². The monoisotopic (exact) mass is 494 g/mol. The number of nitrogens with two attached hydrogens (primary N) is 1. The molecule has 0 saturated carbocycles. The molecule has 1 atom stereocenters. The van der Waals surface area contributed by atoms with Gasteiger partial charge < -0.3 is 10.6 Å². The SMILES string of the molecule is CN(C)C(=O)CN1CCC(c2cc(-c3ccc4cn(Cc5ccccc5)nc4c3)c3c(N)ncnn23)C1. The van der Waals surface area contributed by atoms with Gasteiger partial charge in [0.2, 0.25) is 5.91 Å². The fourth-order valence-corrected chi connectivity index (χ4v) is 5.24. The van der Waals surface area contributed by atoms with E-state index in [2.05, 4.69) is 57.6 Å². The van der Waals surface area contributed by atoms with Crippen LogP contribution in [-0.2, 0) is 11.3 Å². The summed E-state index contributed by atoms with van der Waals surface area (Å²) in [6.07, 6.45) is 4.54.